The summed E-state index contributed by atoms with van der Waals surface area (Å²) in [5.41, 5.74) is 6.30. The molecule has 0 saturated carbocycles. The maximum Gasteiger partial charge on any atom is 0.164 e. The summed E-state index contributed by atoms with van der Waals surface area (Å²) >= 11 is 0. The van der Waals surface area contributed by atoms with Crippen molar-refractivity contribution in [2.45, 2.75) is 33.6 Å². The zero-order valence-corrected chi connectivity index (χ0v) is 12.6. The van der Waals surface area contributed by atoms with Crippen LogP contribution in [0.5, 0.6) is 11.5 Å². The summed E-state index contributed by atoms with van der Waals surface area (Å²) in [6.45, 7) is 7.40. The van der Waals surface area contributed by atoms with Crippen molar-refractivity contribution >= 4 is 0 Å². The SMILES string of the molecule is CCOc1cccc(CCN)c1OCCC(C)(C)C#N. The lowest BCUT2D eigenvalue weighted by Crippen LogP contribution is -2.14. The van der Waals surface area contributed by atoms with Crippen molar-refractivity contribution in [3.63, 3.8) is 0 Å². The molecule has 0 aliphatic carbocycles. The Morgan fingerprint density at radius 3 is 2.65 bits per heavy atom. The second-order valence-electron chi connectivity index (χ2n) is 5.31. The molecule has 0 aliphatic heterocycles. The fourth-order valence-corrected chi connectivity index (χ4v) is 1.81. The van der Waals surface area contributed by atoms with E-state index in [1.807, 2.05) is 39.0 Å². The number of nitrogens with two attached hydrogens (primary N) is 1. The highest BCUT2D eigenvalue weighted by Crippen LogP contribution is 2.32. The summed E-state index contributed by atoms with van der Waals surface area (Å²) in [4.78, 5) is 0. The first kappa shape index (κ1) is 16.3. The number of nitriles is 1. The monoisotopic (exact) mass is 276 g/mol. The Balaban J connectivity index is 2.82. The third-order valence-electron chi connectivity index (χ3n) is 3.05. The van der Waals surface area contributed by atoms with Crippen molar-refractivity contribution < 1.29 is 9.47 Å². The topological polar surface area (TPSA) is 68.3 Å². The number of rotatable bonds is 8. The molecule has 0 aromatic heterocycles. The molecule has 0 saturated heterocycles. The Bertz CT molecular complexity index is 440. The minimum Gasteiger partial charge on any atom is -0.490 e. The van der Waals surface area contributed by atoms with Gasteiger partial charge in [0, 0.05) is 0 Å². The Hall–Kier alpha value is -1.73. The van der Waals surface area contributed by atoms with Gasteiger partial charge in [-0.2, -0.15) is 5.26 Å². The smallest absolute Gasteiger partial charge is 0.164 e. The van der Waals surface area contributed by atoms with Gasteiger partial charge in [-0.3, -0.25) is 0 Å². The van der Waals surface area contributed by atoms with E-state index in [9.17, 15) is 0 Å². The Labute approximate surface area is 121 Å². The zero-order valence-electron chi connectivity index (χ0n) is 12.6. The number of nitrogens with zero attached hydrogens (tertiary/aromatic N) is 1. The predicted molar refractivity (Wildman–Crippen MR) is 79.9 cm³/mol. The molecule has 4 heteroatoms. The van der Waals surface area contributed by atoms with Gasteiger partial charge < -0.3 is 15.2 Å². The standard InChI is InChI=1S/C16H24N2O2/c1-4-19-14-7-5-6-13(8-10-17)15(14)20-11-9-16(2,3)12-18/h5-7H,4,8-11,17H2,1-3H3. The van der Waals surface area contributed by atoms with E-state index < -0.39 is 0 Å². The molecule has 110 valence electrons. The zero-order chi connectivity index (χ0) is 15.0. The summed E-state index contributed by atoms with van der Waals surface area (Å²) in [6.07, 6.45) is 1.42. The average molecular weight is 276 g/mol. The van der Waals surface area contributed by atoms with Gasteiger partial charge >= 0.3 is 0 Å². The highest BCUT2D eigenvalue weighted by molar-refractivity contribution is 5.46. The number of ether oxygens (including phenoxy) is 2. The van der Waals surface area contributed by atoms with Gasteiger partial charge in [-0.1, -0.05) is 12.1 Å². The van der Waals surface area contributed by atoms with E-state index in [0.717, 1.165) is 23.5 Å². The second-order valence-corrected chi connectivity index (χ2v) is 5.31. The van der Waals surface area contributed by atoms with Crippen LogP contribution in [0.25, 0.3) is 0 Å². The molecule has 0 radical (unpaired) electrons. The fraction of sp³-hybridized carbons (Fsp3) is 0.562. The molecule has 0 atom stereocenters. The van der Waals surface area contributed by atoms with Crippen LogP contribution in [-0.4, -0.2) is 19.8 Å². The summed E-state index contributed by atoms with van der Waals surface area (Å²) in [7, 11) is 0. The second kappa shape index (κ2) is 7.76. The molecule has 0 spiro atoms. The van der Waals surface area contributed by atoms with Crippen LogP contribution in [0.1, 0.15) is 32.8 Å². The molecule has 1 aromatic rings. The first-order valence-corrected chi connectivity index (χ1v) is 7.03. The summed E-state index contributed by atoms with van der Waals surface area (Å²) in [5.74, 6) is 1.50. The lowest BCUT2D eigenvalue weighted by atomic mass is 9.92. The van der Waals surface area contributed by atoms with E-state index in [-0.39, 0.29) is 5.41 Å². The number of hydrogen-bond acceptors (Lipinski definition) is 4. The molecule has 0 aliphatic rings. The molecule has 0 fully saturated rings. The Morgan fingerprint density at radius 2 is 2.05 bits per heavy atom. The van der Waals surface area contributed by atoms with Gasteiger partial charge in [0.05, 0.1) is 24.7 Å². The maximum atomic E-state index is 9.02. The van der Waals surface area contributed by atoms with E-state index in [1.165, 1.54) is 0 Å². The third kappa shape index (κ3) is 4.75. The van der Waals surface area contributed by atoms with E-state index in [0.29, 0.717) is 26.2 Å². The molecule has 0 bridgehead atoms. The van der Waals surface area contributed by atoms with Crippen molar-refractivity contribution in [3.05, 3.63) is 23.8 Å². The van der Waals surface area contributed by atoms with E-state index in [2.05, 4.69) is 6.07 Å². The molecule has 20 heavy (non-hydrogen) atoms. The van der Waals surface area contributed by atoms with Crippen molar-refractivity contribution in [1.29, 1.82) is 5.26 Å². The molecule has 4 nitrogen and oxygen atoms in total. The summed E-state index contributed by atoms with van der Waals surface area (Å²) < 4.78 is 11.5. The van der Waals surface area contributed by atoms with Gasteiger partial charge in [-0.15, -0.1) is 0 Å². The molecule has 0 unspecified atom stereocenters. The number of para-hydroxylation sites is 1. The van der Waals surface area contributed by atoms with Crippen molar-refractivity contribution in [3.8, 4) is 17.6 Å². The van der Waals surface area contributed by atoms with Crippen LogP contribution < -0.4 is 15.2 Å². The average Bonchev–Trinajstić information content (AvgIpc) is 2.42. The van der Waals surface area contributed by atoms with Crippen LogP contribution >= 0.6 is 0 Å². The highest BCUT2D eigenvalue weighted by atomic mass is 16.5. The van der Waals surface area contributed by atoms with Gasteiger partial charge in [0.25, 0.3) is 0 Å². The largest absolute Gasteiger partial charge is 0.490 e. The maximum absolute atomic E-state index is 9.02. The third-order valence-corrected chi connectivity index (χ3v) is 3.05. The quantitative estimate of drug-likeness (QED) is 0.792. The normalized spacial score (nSPS) is 10.9. The molecule has 2 N–H and O–H groups in total. The minimum absolute atomic E-state index is 0.380. The van der Waals surface area contributed by atoms with Crippen molar-refractivity contribution in [2.75, 3.05) is 19.8 Å². The molecule has 1 rings (SSSR count). The highest BCUT2D eigenvalue weighted by Gasteiger charge is 2.18. The van der Waals surface area contributed by atoms with Gasteiger partial charge in [0.15, 0.2) is 11.5 Å². The first-order valence-electron chi connectivity index (χ1n) is 7.03. The first-order chi connectivity index (χ1) is 9.54. The minimum atomic E-state index is -0.380. The lowest BCUT2D eigenvalue weighted by molar-refractivity contribution is 0.243. The van der Waals surface area contributed by atoms with Crippen LogP contribution in [0.3, 0.4) is 0 Å². The van der Waals surface area contributed by atoms with Crippen molar-refractivity contribution in [1.82, 2.24) is 0 Å². The summed E-state index contributed by atoms with van der Waals surface area (Å²) in [6, 6.07) is 8.12. The molecule has 0 amide bonds. The predicted octanol–water partition coefficient (Wildman–Crippen LogP) is 2.91. The Morgan fingerprint density at radius 1 is 1.30 bits per heavy atom. The van der Waals surface area contributed by atoms with Crippen LogP contribution in [0, 0.1) is 16.7 Å². The van der Waals surface area contributed by atoms with E-state index in [1.54, 1.807) is 0 Å². The lowest BCUT2D eigenvalue weighted by Gasteiger charge is -2.19. The fourth-order valence-electron chi connectivity index (χ4n) is 1.81. The van der Waals surface area contributed by atoms with Crippen LogP contribution in [0.4, 0.5) is 0 Å². The van der Waals surface area contributed by atoms with Gasteiger partial charge in [0.2, 0.25) is 0 Å². The van der Waals surface area contributed by atoms with Crippen LogP contribution in [0.15, 0.2) is 18.2 Å². The molecular formula is C16H24N2O2. The summed E-state index contributed by atoms with van der Waals surface area (Å²) in [5, 5.41) is 9.02. The van der Waals surface area contributed by atoms with Gasteiger partial charge in [-0.05, 0) is 51.8 Å². The van der Waals surface area contributed by atoms with Crippen LogP contribution in [0.2, 0.25) is 0 Å². The van der Waals surface area contributed by atoms with Crippen molar-refractivity contribution in [2.24, 2.45) is 11.1 Å². The van der Waals surface area contributed by atoms with Gasteiger partial charge in [-0.25, -0.2) is 0 Å². The molecule has 1 aromatic carbocycles. The number of benzene rings is 1. The molecule has 0 heterocycles. The van der Waals surface area contributed by atoms with E-state index in [4.69, 9.17) is 20.5 Å². The number of hydrogen-bond donors (Lipinski definition) is 1. The van der Waals surface area contributed by atoms with Gasteiger partial charge in [0.1, 0.15) is 0 Å². The van der Waals surface area contributed by atoms with Crippen LogP contribution in [-0.2, 0) is 6.42 Å². The Kier molecular flexibility index (Phi) is 6.33. The molecular weight excluding hydrogens is 252 g/mol. The van der Waals surface area contributed by atoms with E-state index >= 15 is 0 Å².